The van der Waals surface area contributed by atoms with Crippen LogP contribution in [0.3, 0.4) is 0 Å². The summed E-state index contributed by atoms with van der Waals surface area (Å²) in [6.07, 6.45) is 4.30. The van der Waals surface area contributed by atoms with Crippen molar-refractivity contribution in [3.05, 3.63) is 42.0 Å². The monoisotopic (exact) mass is 315 g/mol. The lowest BCUT2D eigenvalue weighted by Gasteiger charge is -2.20. The number of rotatable bonds is 6. The van der Waals surface area contributed by atoms with Gasteiger partial charge in [-0.1, -0.05) is 38.1 Å². The van der Waals surface area contributed by atoms with Gasteiger partial charge in [-0.2, -0.15) is 0 Å². The number of benzene rings is 1. The zero-order chi connectivity index (χ0) is 16.8. The summed E-state index contributed by atoms with van der Waals surface area (Å²) >= 11 is 0. The quantitative estimate of drug-likeness (QED) is 0.814. The summed E-state index contributed by atoms with van der Waals surface area (Å²) in [5, 5.41) is 2.87. The number of carbonyl (C=O) groups excluding carboxylic acids is 2. The van der Waals surface area contributed by atoms with E-state index in [4.69, 9.17) is 0 Å². The van der Waals surface area contributed by atoms with Crippen LogP contribution in [0.15, 0.2) is 36.4 Å². The third kappa shape index (κ3) is 4.84. The molecule has 0 atom stereocenters. The first-order valence-corrected chi connectivity index (χ1v) is 7.98. The van der Waals surface area contributed by atoms with Crippen molar-refractivity contribution >= 4 is 17.5 Å². The van der Waals surface area contributed by atoms with E-state index in [0.29, 0.717) is 6.54 Å². The van der Waals surface area contributed by atoms with Crippen LogP contribution < -0.4 is 10.2 Å². The van der Waals surface area contributed by atoms with Gasteiger partial charge < -0.3 is 15.1 Å². The molecule has 1 aromatic rings. The lowest BCUT2D eigenvalue weighted by atomic mass is 10.2. The van der Waals surface area contributed by atoms with Crippen molar-refractivity contribution in [2.24, 2.45) is 5.92 Å². The normalized spacial score (nSPS) is 13.5. The number of anilines is 1. The number of likely N-dealkylation sites (N-methyl/N-ethyl adjacent to an activating group) is 1. The standard InChI is InChI=1S/C18H25N3O2/c1-14(2)18(23)20(3)13-17(22)19-12-15-7-6-8-16(11-15)21-9-4-5-10-21/h4-8,11,14H,9-10,12-13H2,1-3H3,(H,19,22). The van der Waals surface area contributed by atoms with Gasteiger partial charge >= 0.3 is 0 Å². The lowest BCUT2D eigenvalue weighted by molar-refractivity contribution is -0.137. The van der Waals surface area contributed by atoms with Crippen LogP contribution in [0.1, 0.15) is 19.4 Å². The van der Waals surface area contributed by atoms with Gasteiger partial charge in [-0.05, 0) is 17.7 Å². The van der Waals surface area contributed by atoms with Crippen LogP contribution >= 0.6 is 0 Å². The molecule has 1 aliphatic rings. The number of nitrogens with one attached hydrogen (secondary N) is 1. The molecule has 0 spiro atoms. The molecule has 0 aromatic heterocycles. The minimum Gasteiger partial charge on any atom is -0.364 e. The first-order chi connectivity index (χ1) is 11.0. The molecule has 0 aliphatic carbocycles. The van der Waals surface area contributed by atoms with E-state index >= 15 is 0 Å². The molecule has 2 rings (SSSR count). The third-order valence-corrected chi connectivity index (χ3v) is 3.83. The van der Waals surface area contributed by atoms with Crippen molar-refractivity contribution in [1.82, 2.24) is 10.2 Å². The molecular weight excluding hydrogens is 290 g/mol. The second-order valence-electron chi connectivity index (χ2n) is 6.17. The topological polar surface area (TPSA) is 52.7 Å². The van der Waals surface area contributed by atoms with Crippen LogP contribution in [0.2, 0.25) is 0 Å². The smallest absolute Gasteiger partial charge is 0.239 e. The zero-order valence-electron chi connectivity index (χ0n) is 14.1. The average Bonchev–Trinajstić information content (AvgIpc) is 3.06. The van der Waals surface area contributed by atoms with Crippen molar-refractivity contribution in [1.29, 1.82) is 0 Å². The van der Waals surface area contributed by atoms with Crippen LogP contribution in [0.25, 0.3) is 0 Å². The first kappa shape index (κ1) is 17.1. The van der Waals surface area contributed by atoms with E-state index in [1.807, 2.05) is 26.0 Å². The molecule has 1 heterocycles. The molecule has 1 N–H and O–H groups in total. The third-order valence-electron chi connectivity index (χ3n) is 3.83. The summed E-state index contributed by atoms with van der Waals surface area (Å²) in [5.74, 6) is -0.267. The van der Waals surface area contributed by atoms with Crippen molar-refractivity contribution in [2.75, 3.05) is 31.6 Å². The summed E-state index contributed by atoms with van der Waals surface area (Å²) in [6.45, 7) is 6.07. The summed E-state index contributed by atoms with van der Waals surface area (Å²) in [6, 6.07) is 8.17. The van der Waals surface area contributed by atoms with E-state index in [2.05, 4.69) is 34.5 Å². The van der Waals surface area contributed by atoms with Crippen LogP contribution in [-0.2, 0) is 16.1 Å². The van der Waals surface area contributed by atoms with Crippen LogP contribution in [0, 0.1) is 5.92 Å². The summed E-state index contributed by atoms with van der Waals surface area (Å²) in [4.78, 5) is 27.5. The maximum atomic E-state index is 12.0. The molecule has 124 valence electrons. The predicted octanol–water partition coefficient (Wildman–Crippen LogP) is 1.79. The van der Waals surface area contributed by atoms with E-state index in [1.165, 1.54) is 4.90 Å². The fourth-order valence-electron chi connectivity index (χ4n) is 2.54. The molecule has 0 radical (unpaired) electrons. The molecule has 0 unspecified atom stereocenters. The first-order valence-electron chi connectivity index (χ1n) is 7.98. The molecule has 0 saturated heterocycles. The van der Waals surface area contributed by atoms with Gasteiger partial charge in [0.2, 0.25) is 11.8 Å². The second kappa shape index (κ2) is 7.81. The number of nitrogens with zero attached hydrogens (tertiary/aromatic N) is 2. The molecular formula is C18H25N3O2. The molecule has 1 aliphatic heterocycles. The number of hydrogen-bond donors (Lipinski definition) is 1. The molecule has 0 saturated carbocycles. The van der Waals surface area contributed by atoms with Crippen molar-refractivity contribution < 1.29 is 9.59 Å². The van der Waals surface area contributed by atoms with Gasteiger partial charge in [0, 0.05) is 38.3 Å². The Bertz CT molecular complexity index is 588. The average molecular weight is 315 g/mol. The minimum atomic E-state index is -0.144. The highest BCUT2D eigenvalue weighted by Crippen LogP contribution is 2.18. The van der Waals surface area contributed by atoms with Gasteiger partial charge in [-0.25, -0.2) is 0 Å². The molecule has 2 amide bonds. The van der Waals surface area contributed by atoms with Gasteiger partial charge in [0.1, 0.15) is 0 Å². The number of hydrogen-bond acceptors (Lipinski definition) is 3. The lowest BCUT2D eigenvalue weighted by Crippen LogP contribution is -2.39. The van der Waals surface area contributed by atoms with Gasteiger partial charge in [-0.15, -0.1) is 0 Å². The van der Waals surface area contributed by atoms with Gasteiger partial charge in [-0.3, -0.25) is 9.59 Å². The van der Waals surface area contributed by atoms with Crippen molar-refractivity contribution in [3.8, 4) is 0 Å². The SMILES string of the molecule is CC(C)C(=O)N(C)CC(=O)NCc1cccc(N2CC=CC2)c1. The second-order valence-corrected chi connectivity index (χ2v) is 6.17. The minimum absolute atomic E-state index is 0.0244. The van der Waals surface area contributed by atoms with Gasteiger partial charge in [0.25, 0.3) is 0 Å². The number of amides is 2. The Kier molecular flexibility index (Phi) is 5.79. The van der Waals surface area contributed by atoms with E-state index in [0.717, 1.165) is 24.3 Å². The number of carbonyl (C=O) groups is 2. The Morgan fingerprint density at radius 2 is 1.96 bits per heavy atom. The molecule has 5 nitrogen and oxygen atoms in total. The van der Waals surface area contributed by atoms with Gasteiger partial charge in [0.15, 0.2) is 0 Å². The van der Waals surface area contributed by atoms with Crippen LogP contribution in [0.5, 0.6) is 0 Å². The Hall–Kier alpha value is -2.30. The maximum absolute atomic E-state index is 12.0. The predicted molar refractivity (Wildman–Crippen MR) is 92.1 cm³/mol. The Labute approximate surface area is 138 Å². The van der Waals surface area contributed by atoms with E-state index in [-0.39, 0.29) is 24.3 Å². The highest BCUT2D eigenvalue weighted by Gasteiger charge is 2.15. The fraction of sp³-hybridized carbons (Fsp3) is 0.444. The Morgan fingerprint density at radius 3 is 2.61 bits per heavy atom. The summed E-state index contributed by atoms with van der Waals surface area (Å²) < 4.78 is 0. The van der Waals surface area contributed by atoms with E-state index < -0.39 is 0 Å². The maximum Gasteiger partial charge on any atom is 0.239 e. The van der Waals surface area contributed by atoms with Crippen LogP contribution in [0.4, 0.5) is 5.69 Å². The summed E-state index contributed by atoms with van der Waals surface area (Å²) in [7, 11) is 1.66. The highest BCUT2D eigenvalue weighted by atomic mass is 16.2. The Balaban J connectivity index is 1.84. The van der Waals surface area contributed by atoms with Gasteiger partial charge in [0.05, 0.1) is 6.54 Å². The zero-order valence-corrected chi connectivity index (χ0v) is 14.1. The van der Waals surface area contributed by atoms with E-state index in [1.54, 1.807) is 7.05 Å². The largest absolute Gasteiger partial charge is 0.364 e. The summed E-state index contributed by atoms with van der Waals surface area (Å²) in [5.41, 5.74) is 2.22. The molecule has 23 heavy (non-hydrogen) atoms. The van der Waals surface area contributed by atoms with E-state index in [9.17, 15) is 9.59 Å². The highest BCUT2D eigenvalue weighted by molar-refractivity contribution is 5.85. The van der Waals surface area contributed by atoms with Crippen molar-refractivity contribution in [2.45, 2.75) is 20.4 Å². The molecule has 5 heteroatoms. The molecule has 0 fully saturated rings. The fourth-order valence-corrected chi connectivity index (χ4v) is 2.54. The van der Waals surface area contributed by atoms with Crippen LogP contribution in [-0.4, -0.2) is 43.4 Å². The molecule has 0 bridgehead atoms. The Morgan fingerprint density at radius 1 is 1.26 bits per heavy atom. The van der Waals surface area contributed by atoms with Crippen molar-refractivity contribution in [3.63, 3.8) is 0 Å². The molecule has 1 aromatic carbocycles.